The fourth-order valence-corrected chi connectivity index (χ4v) is 3.46. The molecule has 6 heteroatoms. The highest BCUT2D eigenvalue weighted by atomic mass is 32.2. The Balaban J connectivity index is 1.74. The summed E-state index contributed by atoms with van der Waals surface area (Å²) in [5.41, 5.74) is 2.59. The summed E-state index contributed by atoms with van der Waals surface area (Å²) in [5.74, 6) is -0.508. The van der Waals surface area contributed by atoms with Crippen LogP contribution < -0.4 is 0 Å². The van der Waals surface area contributed by atoms with E-state index < -0.39 is 10.9 Å². The Labute approximate surface area is 173 Å². The molecule has 0 radical (unpaired) electrons. The molecule has 0 spiro atoms. The van der Waals surface area contributed by atoms with Gasteiger partial charge in [0.2, 0.25) is 0 Å². The molecule has 0 bridgehead atoms. The summed E-state index contributed by atoms with van der Waals surface area (Å²) in [6.45, 7) is 1.96. The standard InChI is InChI=1S/C23H19NO4S/c1-17-7-11-21(12-8-17)29-22-13-10-20(24(26)27)15-19(22)16-28-23(25)14-9-18-5-3-2-4-6-18/h2-15H,16H2,1H3. The van der Waals surface area contributed by atoms with Crippen LogP contribution in [0.5, 0.6) is 0 Å². The van der Waals surface area contributed by atoms with Gasteiger partial charge in [-0.3, -0.25) is 10.1 Å². The summed E-state index contributed by atoms with van der Waals surface area (Å²) in [6.07, 6.45) is 3.01. The van der Waals surface area contributed by atoms with E-state index >= 15 is 0 Å². The zero-order chi connectivity index (χ0) is 20.6. The summed E-state index contributed by atoms with van der Waals surface area (Å²) in [6, 6.07) is 22.0. The van der Waals surface area contributed by atoms with Crippen LogP contribution >= 0.6 is 11.8 Å². The first-order valence-corrected chi connectivity index (χ1v) is 9.74. The maximum Gasteiger partial charge on any atom is 0.331 e. The molecule has 0 aliphatic carbocycles. The van der Waals surface area contributed by atoms with Crippen molar-refractivity contribution in [2.24, 2.45) is 0 Å². The molecule has 0 amide bonds. The maximum absolute atomic E-state index is 12.1. The van der Waals surface area contributed by atoms with Gasteiger partial charge in [-0.2, -0.15) is 0 Å². The number of carbonyl (C=O) groups excluding carboxylic acids is 1. The fraction of sp³-hybridized carbons (Fsp3) is 0.0870. The number of hydrogen-bond donors (Lipinski definition) is 0. The molecule has 146 valence electrons. The Morgan fingerprint density at radius 2 is 1.79 bits per heavy atom. The molecule has 0 aliphatic heterocycles. The number of nitro benzene ring substituents is 1. The average Bonchev–Trinajstić information content (AvgIpc) is 2.73. The van der Waals surface area contributed by atoms with Gasteiger partial charge >= 0.3 is 5.97 Å². The molecule has 0 saturated carbocycles. The van der Waals surface area contributed by atoms with Crippen molar-refractivity contribution in [1.82, 2.24) is 0 Å². The van der Waals surface area contributed by atoms with Gasteiger partial charge in [-0.1, -0.05) is 59.8 Å². The van der Waals surface area contributed by atoms with E-state index in [1.54, 1.807) is 12.1 Å². The molecule has 0 aromatic heterocycles. The number of aryl methyl sites for hydroxylation is 1. The van der Waals surface area contributed by atoms with Crippen LogP contribution in [0.3, 0.4) is 0 Å². The Hall–Kier alpha value is -3.38. The van der Waals surface area contributed by atoms with Crippen LogP contribution in [-0.2, 0) is 16.1 Å². The summed E-state index contributed by atoms with van der Waals surface area (Å²) < 4.78 is 5.32. The van der Waals surface area contributed by atoms with Gasteiger partial charge in [0.25, 0.3) is 5.69 Å². The topological polar surface area (TPSA) is 69.4 Å². The molecule has 3 aromatic carbocycles. The molecule has 29 heavy (non-hydrogen) atoms. The molecule has 0 fully saturated rings. The second kappa shape index (κ2) is 9.71. The Bertz CT molecular complexity index is 1030. The van der Waals surface area contributed by atoms with Gasteiger partial charge in [0.1, 0.15) is 6.61 Å². The lowest BCUT2D eigenvalue weighted by Gasteiger charge is -2.10. The minimum absolute atomic E-state index is 0.0378. The quantitative estimate of drug-likeness (QED) is 0.215. The van der Waals surface area contributed by atoms with Crippen molar-refractivity contribution >= 4 is 29.5 Å². The summed E-state index contributed by atoms with van der Waals surface area (Å²) >= 11 is 1.47. The van der Waals surface area contributed by atoms with Crippen molar-refractivity contribution in [3.8, 4) is 0 Å². The van der Waals surface area contributed by atoms with E-state index in [4.69, 9.17) is 4.74 Å². The largest absolute Gasteiger partial charge is 0.458 e. The molecule has 0 aliphatic rings. The molecular weight excluding hydrogens is 386 g/mol. The molecular formula is C23H19NO4S. The number of hydrogen-bond acceptors (Lipinski definition) is 5. The second-order valence-corrected chi connectivity index (χ2v) is 7.43. The van der Waals surface area contributed by atoms with Crippen LogP contribution in [0.25, 0.3) is 6.08 Å². The van der Waals surface area contributed by atoms with Gasteiger partial charge < -0.3 is 4.74 Å². The first-order valence-electron chi connectivity index (χ1n) is 8.93. The van der Waals surface area contributed by atoms with Crippen molar-refractivity contribution in [3.63, 3.8) is 0 Å². The lowest BCUT2D eigenvalue weighted by molar-refractivity contribution is -0.385. The Kier molecular flexibility index (Phi) is 6.81. The first kappa shape index (κ1) is 20.4. The van der Waals surface area contributed by atoms with Gasteiger partial charge in [-0.25, -0.2) is 4.79 Å². The van der Waals surface area contributed by atoms with Crippen LogP contribution in [0.2, 0.25) is 0 Å². The smallest absolute Gasteiger partial charge is 0.331 e. The van der Waals surface area contributed by atoms with E-state index in [2.05, 4.69) is 0 Å². The van der Waals surface area contributed by atoms with Crippen LogP contribution in [-0.4, -0.2) is 10.9 Å². The zero-order valence-electron chi connectivity index (χ0n) is 15.8. The number of nitro groups is 1. The number of nitrogens with zero attached hydrogens (tertiary/aromatic N) is 1. The van der Waals surface area contributed by atoms with E-state index in [0.29, 0.717) is 5.56 Å². The fourth-order valence-electron chi connectivity index (χ4n) is 2.55. The molecule has 5 nitrogen and oxygen atoms in total. The van der Waals surface area contributed by atoms with Crippen LogP contribution in [0.1, 0.15) is 16.7 Å². The Morgan fingerprint density at radius 3 is 2.48 bits per heavy atom. The van der Waals surface area contributed by atoms with Crippen LogP contribution in [0, 0.1) is 17.0 Å². The maximum atomic E-state index is 12.1. The summed E-state index contributed by atoms with van der Waals surface area (Å²) in [7, 11) is 0. The first-order chi connectivity index (χ1) is 14.0. The van der Waals surface area contributed by atoms with Crippen molar-refractivity contribution in [2.75, 3.05) is 0 Å². The van der Waals surface area contributed by atoms with E-state index in [-0.39, 0.29) is 12.3 Å². The molecule has 0 saturated heterocycles. The van der Waals surface area contributed by atoms with Gasteiger partial charge in [0.15, 0.2) is 0 Å². The summed E-state index contributed by atoms with van der Waals surface area (Å²) in [5, 5.41) is 11.1. The molecule has 0 unspecified atom stereocenters. The highest BCUT2D eigenvalue weighted by molar-refractivity contribution is 7.99. The predicted molar refractivity (Wildman–Crippen MR) is 114 cm³/mol. The van der Waals surface area contributed by atoms with E-state index in [9.17, 15) is 14.9 Å². The normalized spacial score (nSPS) is 10.8. The molecule has 3 aromatic rings. The molecule has 0 atom stereocenters. The number of benzene rings is 3. The van der Waals surface area contributed by atoms with Crippen molar-refractivity contribution in [3.05, 3.63) is 106 Å². The van der Waals surface area contributed by atoms with E-state index in [1.165, 1.54) is 30.0 Å². The number of ether oxygens (including phenoxy) is 1. The highest BCUT2D eigenvalue weighted by Gasteiger charge is 2.13. The van der Waals surface area contributed by atoms with E-state index in [1.807, 2.05) is 61.5 Å². The average molecular weight is 405 g/mol. The monoisotopic (exact) mass is 405 g/mol. The van der Waals surface area contributed by atoms with E-state index in [0.717, 1.165) is 20.9 Å². The van der Waals surface area contributed by atoms with Gasteiger partial charge in [0.05, 0.1) is 4.92 Å². The minimum atomic E-state index is -0.508. The molecule has 3 rings (SSSR count). The predicted octanol–water partition coefficient (Wildman–Crippen LogP) is 5.81. The number of rotatable bonds is 7. The number of esters is 1. The third-order valence-electron chi connectivity index (χ3n) is 4.09. The zero-order valence-corrected chi connectivity index (χ0v) is 16.6. The Morgan fingerprint density at radius 1 is 1.07 bits per heavy atom. The third kappa shape index (κ3) is 6.05. The summed E-state index contributed by atoms with van der Waals surface area (Å²) in [4.78, 5) is 24.6. The lowest BCUT2D eigenvalue weighted by Crippen LogP contribution is -2.02. The third-order valence-corrected chi connectivity index (χ3v) is 5.21. The minimum Gasteiger partial charge on any atom is -0.458 e. The molecule has 0 heterocycles. The van der Waals surface area contributed by atoms with Gasteiger partial charge in [0, 0.05) is 33.6 Å². The number of carbonyl (C=O) groups is 1. The van der Waals surface area contributed by atoms with Crippen LogP contribution in [0.15, 0.2) is 88.7 Å². The van der Waals surface area contributed by atoms with Crippen LogP contribution in [0.4, 0.5) is 5.69 Å². The molecule has 0 N–H and O–H groups in total. The number of non-ortho nitro benzene ring substituents is 1. The van der Waals surface area contributed by atoms with Gasteiger partial charge in [-0.05, 0) is 36.8 Å². The second-order valence-electron chi connectivity index (χ2n) is 6.32. The van der Waals surface area contributed by atoms with Gasteiger partial charge in [-0.15, -0.1) is 0 Å². The lowest BCUT2D eigenvalue weighted by atomic mass is 10.2. The SMILES string of the molecule is Cc1ccc(Sc2ccc([N+](=O)[O-])cc2COC(=O)C=Cc2ccccc2)cc1. The highest BCUT2D eigenvalue weighted by Crippen LogP contribution is 2.33. The van der Waals surface area contributed by atoms with Crippen molar-refractivity contribution in [2.45, 2.75) is 23.3 Å². The van der Waals surface area contributed by atoms with Crippen molar-refractivity contribution < 1.29 is 14.5 Å². The van der Waals surface area contributed by atoms with Crippen molar-refractivity contribution in [1.29, 1.82) is 0 Å².